The maximum absolute atomic E-state index is 11.1. The maximum Gasteiger partial charge on any atom is 0.337 e. The van der Waals surface area contributed by atoms with Gasteiger partial charge in [0.15, 0.2) is 6.10 Å². The molecule has 0 bridgehead atoms. The molecule has 0 aromatic heterocycles. The summed E-state index contributed by atoms with van der Waals surface area (Å²) in [4.78, 5) is 21.9. The molecule has 5 heteroatoms. The van der Waals surface area contributed by atoms with Crippen LogP contribution in [-0.2, 0) is 21.3 Å². The van der Waals surface area contributed by atoms with E-state index in [1.165, 1.54) is 6.92 Å². The minimum atomic E-state index is -1.59. The topological polar surface area (TPSA) is 74.6 Å². The zero-order valence-electron chi connectivity index (χ0n) is 9.31. The number of alkyl halides is 1. The zero-order chi connectivity index (χ0) is 13.0. The third-order valence-electron chi connectivity index (χ3n) is 2.33. The van der Waals surface area contributed by atoms with Gasteiger partial charge < -0.3 is 10.2 Å². The third-order valence-corrected chi connectivity index (χ3v) is 2.98. The molecule has 0 heterocycles. The predicted octanol–water partition coefficient (Wildman–Crippen LogP) is 1.83. The average molecular weight is 301 g/mol. The molecule has 0 fully saturated rings. The lowest BCUT2D eigenvalue weighted by molar-refractivity contribution is -0.147. The molecule has 0 amide bonds. The number of carboxylic acid groups (broad SMARTS) is 1. The van der Waals surface area contributed by atoms with Gasteiger partial charge in [0, 0.05) is 11.8 Å². The number of Topliss-reactive ketones (excluding diaryl/α,β-unsaturated/α-hetero) is 1. The molecule has 0 aliphatic heterocycles. The van der Waals surface area contributed by atoms with E-state index in [2.05, 4.69) is 15.9 Å². The smallest absolute Gasteiger partial charge is 0.337 e. The van der Waals surface area contributed by atoms with Crippen molar-refractivity contribution in [1.29, 1.82) is 0 Å². The number of aliphatic hydroxyl groups is 1. The van der Waals surface area contributed by atoms with Gasteiger partial charge in [-0.3, -0.25) is 4.79 Å². The van der Waals surface area contributed by atoms with Gasteiger partial charge in [-0.25, -0.2) is 4.79 Å². The standard InChI is InChI=1S/C12H13BrO4/c1-7(14)4-9-5-8(6-13)2-3-10(9)11(15)12(16)17/h2-3,5,11,15H,4,6H2,1H3,(H,16,17). The highest BCUT2D eigenvalue weighted by atomic mass is 79.9. The molecule has 0 radical (unpaired) electrons. The van der Waals surface area contributed by atoms with Crippen molar-refractivity contribution in [2.75, 3.05) is 0 Å². The summed E-state index contributed by atoms with van der Waals surface area (Å²) in [6.07, 6.45) is -1.46. The second-order valence-electron chi connectivity index (χ2n) is 3.79. The van der Waals surface area contributed by atoms with Gasteiger partial charge in [-0.05, 0) is 23.6 Å². The number of ketones is 1. The molecular formula is C12H13BrO4. The molecule has 92 valence electrons. The number of carbonyl (C=O) groups excluding carboxylic acids is 1. The minimum absolute atomic E-state index is 0.0736. The van der Waals surface area contributed by atoms with Gasteiger partial charge in [0.2, 0.25) is 0 Å². The number of hydrogen-bond donors (Lipinski definition) is 2. The molecule has 4 nitrogen and oxygen atoms in total. The molecule has 0 aliphatic carbocycles. The van der Waals surface area contributed by atoms with Crippen LogP contribution in [0.25, 0.3) is 0 Å². The lowest BCUT2D eigenvalue weighted by atomic mass is 9.96. The molecule has 0 spiro atoms. The summed E-state index contributed by atoms with van der Waals surface area (Å²) in [6.45, 7) is 1.43. The van der Waals surface area contributed by atoms with Crippen molar-refractivity contribution >= 4 is 27.7 Å². The van der Waals surface area contributed by atoms with Gasteiger partial charge in [-0.1, -0.05) is 34.1 Å². The number of aliphatic carboxylic acids is 1. The largest absolute Gasteiger partial charge is 0.479 e. The molecule has 17 heavy (non-hydrogen) atoms. The molecule has 0 aliphatic rings. The Morgan fingerprint density at radius 1 is 1.41 bits per heavy atom. The first-order valence-electron chi connectivity index (χ1n) is 5.03. The fraction of sp³-hybridized carbons (Fsp3) is 0.333. The maximum atomic E-state index is 11.1. The normalized spacial score (nSPS) is 12.2. The van der Waals surface area contributed by atoms with Gasteiger partial charge in [-0.15, -0.1) is 0 Å². The van der Waals surface area contributed by atoms with Crippen molar-refractivity contribution in [3.05, 3.63) is 34.9 Å². The second-order valence-corrected chi connectivity index (χ2v) is 4.35. The van der Waals surface area contributed by atoms with Crippen LogP contribution in [0, 0.1) is 0 Å². The Kier molecular flexibility index (Phi) is 4.84. The lowest BCUT2D eigenvalue weighted by Crippen LogP contribution is -2.14. The number of carbonyl (C=O) groups is 2. The highest BCUT2D eigenvalue weighted by molar-refractivity contribution is 9.08. The molecule has 1 unspecified atom stereocenters. The number of carboxylic acids is 1. The summed E-state index contributed by atoms with van der Waals surface area (Å²) in [5.41, 5.74) is 1.77. The zero-order valence-corrected chi connectivity index (χ0v) is 10.9. The number of benzene rings is 1. The molecule has 1 atom stereocenters. The van der Waals surface area contributed by atoms with Crippen LogP contribution in [0.4, 0.5) is 0 Å². The molecule has 1 aromatic carbocycles. The van der Waals surface area contributed by atoms with Crippen LogP contribution in [-0.4, -0.2) is 22.0 Å². The molecular weight excluding hydrogens is 288 g/mol. The first-order valence-corrected chi connectivity index (χ1v) is 6.15. The Bertz CT molecular complexity index is 442. The van der Waals surface area contributed by atoms with E-state index in [0.717, 1.165) is 5.56 Å². The number of hydrogen-bond acceptors (Lipinski definition) is 3. The van der Waals surface area contributed by atoms with E-state index in [4.69, 9.17) is 5.11 Å². The summed E-state index contributed by atoms with van der Waals surface area (Å²) < 4.78 is 0. The Hall–Kier alpha value is -1.20. The van der Waals surface area contributed by atoms with Gasteiger partial charge in [0.25, 0.3) is 0 Å². The van der Waals surface area contributed by atoms with Crippen LogP contribution in [0.15, 0.2) is 18.2 Å². The number of aliphatic hydroxyl groups excluding tert-OH is 1. The first-order chi connectivity index (χ1) is 7.95. The third kappa shape index (κ3) is 3.64. The van der Waals surface area contributed by atoms with E-state index in [1.807, 2.05) is 0 Å². The molecule has 1 rings (SSSR count). The van der Waals surface area contributed by atoms with Crippen LogP contribution < -0.4 is 0 Å². The van der Waals surface area contributed by atoms with Crippen molar-refractivity contribution in [3.63, 3.8) is 0 Å². The summed E-state index contributed by atoms with van der Waals surface area (Å²) >= 11 is 3.28. The van der Waals surface area contributed by atoms with Crippen LogP contribution >= 0.6 is 15.9 Å². The highest BCUT2D eigenvalue weighted by Gasteiger charge is 2.20. The van der Waals surface area contributed by atoms with E-state index in [1.54, 1.807) is 18.2 Å². The van der Waals surface area contributed by atoms with Gasteiger partial charge in [-0.2, -0.15) is 0 Å². The fourth-order valence-electron chi connectivity index (χ4n) is 1.56. The molecule has 0 saturated carbocycles. The van der Waals surface area contributed by atoms with Gasteiger partial charge in [0.1, 0.15) is 5.78 Å². The number of rotatable bonds is 5. The van der Waals surface area contributed by atoms with Crippen LogP contribution in [0.2, 0.25) is 0 Å². The predicted molar refractivity (Wildman–Crippen MR) is 66.1 cm³/mol. The summed E-state index contributed by atoms with van der Waals surface area (Å²) in [6, 6.07) is 5.01. The van der Waals surface area contributed by atoms with Crippen molar-refractivity contribution in [1.82, 2.24) is 0 Å². The summed E-state index contributed by atoms with van der Waals surface area (Å²) in [7, 11) is 0. The van der Waals surface area contributed by atoms with Crippen LogP contribution in [0.1, 0.15) is 29.7 Å². The molecule has 2 N–H and O–H groups in total. The fourth-order valence-corrected chi connectivity index (χ4v) is 1.91. The van der Waals surface area contributed by atoms with E-state index in [0.29, 0.717) is 10.9 Å². The minimum Gasteiger partial charge on any atom is -0.479 e. The average Bonchev–Trinajstić information content (AvgIpc) is 2.27. The number of halogens is 1. The molecule has 1 aromatic rings. The van der Waals surface area contributed by atoms with Crippen LogP contribution in [0.5, 0.6) is 0 Å². The van der Waals surface area contributed by atoms with Crippen molar-refractivity contribution < 1.29 is 19.8 Å². The van der Waals surface area contributed by atoms with Crippen molar-refractivity contribution in [2.24, 2.45) is 0 Å². The van der Waals surface area contributed by atoms with Gasteiger partial charge in [0.05, 0.1) is 0 Å². The second kappa shape index (κ2) is 5.93. The Morgan fingerprint density at radius 3 is 2.53 bits per heavy atom. The molecule has 0 saturated heterocycles. The van der Waals surface area contributed by atoms with Crippen molar-refractivity contribution in [3.8, 4) is 0 Å². The monoisotopic (exact) mass is 300 g/mol. The van der Waals surface area contributed by atoms with E-state index < -0.39 is 12.1 Å². The first kappa shape index (κ1) is 13.9. The quantitative estimate of drug-likeness (QED) is 0.814. The Balaban J connectivity index is 3.18. The lowest BCUT2D eigenvalue weighted by Gasteiger charge is -2.12. The van der Waals surface area contributed by atoms with E-state index in [-0.39, 0.29) is 17.8 Å². The Morgan fingerprint density at radius 2 is 2.06 bits per heavy atom. The van der Waals surface area contributed by atoms with Gasteiger partial charge >= 0.3 is 5.97 Å². The SMILES string of the molecule is CC(=O)Cc1cc(CBr)ccc1C(O)C(=O)O. The van der Waals surface area contributed by atoms with Crippen molar-refractivity contribution in [2.45, 2.75) is 24.8 Å². The summed E-state index contributed by atoms with van der Waals surface area (Å²) in [5.74, 6) is -1.39. The van der Waals surface area contributed by atoms with Crippen LogP contribution in [0.3, 0.4) is 0 Å². The van der Waals surface area contributed by atoms with E-state index in [9.17, 15) is 14.7 Å². The highest BCUT2D eigenvalue weighted by Crippen LogP contribution is 2.22. The van der Waals surface area contributed by atoms with E-state index >= 15 is 0 Å². The summed E-state index contributed by atoms with van der Waals surface area (Å²) in [5, 5.41) is 18.9. The Labute approximate surface area is 107 Å².